The van der Waals surface area contributed by atoms with Crippen molar-refractivity contribution in [3.05, 3.63) is 46.7 Å². The van der Waals surface area contributed by atoms with E-state index in [-0.39, 0.29) is 22.9 Å². The zero-order valence-corrected chi connectivity index (χ0v) is 17.4. The average molecular weight is 408 g/mol. The minimum atomic E-state index is -3.54. The zero-order valence-electron chi connectivity index (χ0n) is 15.8. The van der Waals surface area contributed by atoms with Gasteiger partial charge in [-0.3, -0.25) is 9.69 Å². The van der Waals surface area contributed by atoms with Crippen molar-refractivity contribution >= 4 is 33.0 Å². The molecule has 1 amide bonds. The molecule has 2 heterocycles. The molecule has 1 aliphatic heterocycles. The standard InChI is InChI=1S/C19H25N3O3S2/c1-14(22-11-5-9-17(22)18-10-6-12-26-18)19(23)20-15-7-4-8-16(13-15)27(24,25)21(2)3/h4,6-8,10,12-14,17H,5,9,11H2,1-3H3,(H,20,23)/t14-,17-/m1/s1. The summed E-state index contributed by atoms with van der Waals surface area (Å²) < 4.78 is 25.7. The molecule has 8 heteroatoms. The Labute approximate surface area is 164 Å². The van der Waals surface area contributed by atoms with Crippen LogP contribution < -0.4 is 5.32 Å². The Morgan fingerprint density at radius 2 is 2.07 bits per heavy atom. The van der Waals surface area contributed by atoms with Gasteiger partial charge in [-0.05, 0) is 56.0 Å². The molecule has 0 radical (unpaired) electrons. The third-order valence-corrected chi connectivity index (χ3v) is 7.71. The molecule has 1 fully saturated rings. The molecule has 2 aromatic rings. The SMILES string of the molecule is C[C@H](C(=O)Nc1cccc(S(=O)(=O)N(C)C)c1)N1CCC[C@@H]1c1cccs1. The number of rotatable bonds is 6. The van der Waals surface area contributed by atoms with Gasteiger partial charge >= 0.3 is 0 Å². The van der Waals surface area contributed by atoms with Crippen molar-refractivity contribution in [2.45, 2.75) is 36.7 Å². The Kier molecular flexibility index (Phi) is 6.00. The van der Waals surface area contributed by atoms with Crippen molar-refractivity contribution in [3.8, 4) is 0 Å². The molecule has 0 bridgehead atoms. The predicted octanol–water partition coefficient (Wildman–Crippen LogP) is 3.16. The summed E-state index contributed by atoms with van der Waals surface area (Å²) in [6.07, 6.45) is 2.12. The van der Waals surface area contributed by atoms with Crippen LogP contribution in [-0.2, 0) is 14.8 Å². The average Bonchev–Trinajstić information content (AvgIpc) is 3.32. The maximum atomic E-state index is 12.8. The molecular weight excluding hydrogens is 382 g/mol. The Bertz CT molecular complexity index is 895. The molecule has 6 nitrogen and oxygen atoms in total. The molecule has 0 spiro atoms. The number of carbonyl (C=O) groups is 1. The molecule has 1 aromatic carbocycles. The van der Waals surface area contributed by atoms with Crippen LogP contribution in [0.15, 0.2) is 46.7 Å². The fourth-order valence-corrected chi connectivity index (χ4v) is 5.21. The van der Waals surface area contributed by atoms with Crippen LogP contribution in [-0.4, -0.2) is 50.2 Å². The zero-order chi connectivity index (χ0) is 19.6. The second-order valence-electron chi connectivity index (χ2n) is 6.89. The van der Waals surface area contributed by atoms with E-state index in [4.69, 9.17) is 0 Å². The van der Waals surface area contributed by atoms with Crippen LogP contribution in [0, 0.1) is 0 Å². The van der Waals surface area contributed by atoms with E-state index in [2.05, 4.69) is 21.7 Å². The number of carbonyl (C=O) groups excluding carboxylic acids is 1. The monoisotopic (exact) mass is 407 g/mol. The lowest BCUT2D eigenvalue weighted by atomic mass is 10.1. The lowest BCUT2D eigenvalue weighted by Crippen LogP contribution is -2.41. The fourth-order valence-electron chi connectivity index (χ4n) is 3.38. The Hall–Kier alpha value is -1.74. The van der Waals surface area contributed by atoms with Gasteiger partial charge in [-0.1, -0.05) is 12.1 Å². The van der Waals surface area contributed by atoms with Crippen molar-refractivity contribution in [2.75, 3.05) is 26.0 Å². The number of benzene rings is 1. The van der Waals surface area contributed by atoms with Crippen LogP contribution in [0.4, 0.5) is 5.69 Å². The predicted molar refractivity (Wildman–Crippen MR) is 108 cm³/mol. The van der Waals surface area contributed by atoms with Gasteiger partial charge in [0.15, 0.2) is 0 Å². The van der Waals surface area contributed by atoms with E-state index in [1.165, 1.54) is 31.1 Å². The maximum absolute atomic E-state index is 12.8. The minimum Gasteiger partial charge on any atom is -0.325 e. The Morgan fingerprint density at radius 3 is 2.74 bits per heavy atom. The summed E-state index contributed by atoms with van der Waals surface area (Å²) in [5, 5.41) is 4.94. The Balaban J connectivity index is 1.74. The van der Waals surface area contributed by atoms with Crippen molar-refractivity contribution in [3.63, 3.8) is 0 Å². The summed E-state index contributed by atoms with van der Waals surface area (Å²) in [5.41, 5.74) is 0.488. The van der Waals surface area contributed by atoms with Crippen LogP contribution in [0.3, 0.4) is 0 Å². The molecule has 1 aromatic heterocycles. The van der Waals surface area contributed by atoms with Crippen molar-refractivity contribution in [1.29, 1.82) is 0 Å². The second-order valence-corrected chi connectivity index (χ2v) is 10.0. The van der Waals surface area contributed by atoms with Crippen LogP contribution in [0.5, 0.6) is 0 Å². The van der Waals surface area contributed by atoms with Gasteiger partial charge in [-0.2, -0.15) is 0 Å². The summed E-state index contributed by atoms with van der Waals surface area (Å²) in [5.74, 6) is -0.127. The fraction of sp³-hybridized carbons (Fsp3) is 0.421. The highest BCUT2D eigenvalue weighted by Crippen LogP contribution is 2.36. The highest BCUT2D eigenvalue weighted by molar-refractivity contribution is 7.89. The molecule has 0 aliphatic carbocycles. The van der Waals surface area contributed by atoms with Crippen LogP contribution in [0.2, 0.25) is 0 Å². The van der Waals surface area contributed by atoms with Crippen molar-refractivity contribution in [2.24, 2.45) is 0 Å². The summed E-state index contributed by atoms with van der Waals surface area (Å²) in [6.45, 7) is 2.79. The van der Waals surface area contributed by atoms with Crippen LogP contribution >= 0.6 is 11.3 Å². The van der Waals surface area contributed by atoms with Gasteiger partial charge in [0.2, 0.25) is 15.9 Å². The van der Waals surface area contributed by atoms with E-state index >= 15 is 0 Å². The molecule has 2 atom stereocenters. The van der Waals surface area contributed by atoms with E-state index in [9.17, 15) is 13.2 Å². The number of nitrogens with one attached hydrogen (secondary N) is 1. The number of anilines is 1. The molecule has 146 valence electrons. The number of thiophene rings is 1. The first kappa shape index (κ1) is 20.0. The molecule has 0 unspecified atom stereocenters. The maximum Gasteiger partial charge on any atom is 0.242 e. The lowest BCUT2D eigenvalue weighted by molar-refractivity contribution is -0.121. The normalized spacial score (nSPS) is 19.3. The van der Waals surface area contributed by atoms with Gasteiger partial charge in [-0.25, -0.2) is 12.7 Å². The van der Waals surface area contributed by atoms with Gasteiger partial charge < -0.3 is 5.32 Å². The van der Waals surface area contributed by atoms with Gasteiger partial charge in [0, 0.05) is 30.7 Å². The van der Waals surface area contributed by atoms with Gasteiger partial charge in [0.1, 0.15) is 0 Å². The summed E-state index contributed by atoms with van der Waals surface area (Å²) in [4.78, 5) is 16.5. The molecule has 1 aliphatic rings. The topological polar surface area (TPSA) is 69.7 Å². The van der Waals surface area contributed by atoms with Gasteiger partial charge in [0.05, 0.1) is 10.9 Å². The van der Waals surface area contributed by atoms with Crippen LogP contribution in [0.25, 0.3) is 0 Å². The number of hydrogen-bond donors (Lipinski definition) is 1. The first-order valence-electron chi connectivity index (χ1n) is 8.93. The highest BCUT2D eigenvalue weighted by Gasteiger charge is 2.33. The molecule has 27 heavy (non-hydrogen) atoms. The number of likely N-dealkylation sites (tertiary alicyclic amines) is 1. The van der Waals surface area contributed by atoms with E-state index in [1.54, 1.807) is 23.5 Å². The number of nitrogens with zero attached hydrogens (tertiary/aromatic N) is 2. The molecular formula is C19H25N3O3S2. The molecule has 0 saturated carbocycles. The van der Waals surface area contributed by atoms with Crippen LogP contribution in [0.1, 0.15) is 30.7 Å². The van der Waals surface area contributed by atoms with E-state index in [1.807, 2.05) is 13.0 Å². The minimum absolute atomic E-state index is 0.127. The number of sulfonamides is 1. The van der Waals surface area contributed by atoms with Gasteiger partial charge in [-0.15, -0.1) is 11.3 Å². The summed E-state index contributed by atoms with van der Waals surface area (Å²) >= 11 is 1.72. The largest absolute Gasteiger partial charge is 0.325 e. The van der Waals surface area contributed by atoms with E-state index in [0.717, 1.165) is 23.7 Å². The van der Waals surface area contributed by atoms with E-state index in [0.29, 0.717) is 5.69 Å². The number of hydrogen-bond acceptors (Lipinski definition) is 5. The third kappa shape index (κ3) is 4.24. The summed E-state index contributed by atoms with van der Waals surface area (Å²) in [6, 6.07) is 10.5. The quantitative estimate of drug-likeness (QED) is 0.799. The Morgan fingerprint density at radius 1 is 1.30 bits per heavy atom. The van der Waals surface area contributed by atoms with Crippen molar-refractivity contribution < 1.29 is 13.2 Å². The first-order valence-corrected chi connectivity index (χ1v) is 11.3. The van der Waals surface area contributed by atoms with Crippen molar-refractivity contribution in [1.82, 2.24) is 9.21 Å². The third-order valence-electron chi connectivity index (χ3n) is 4.92. The molecule has 1 saturated heterocycles. The molecule has 3 rings (SSSR count). The summed E-state index contributed by atoms with van der Waals surface area (Å²) in [7, 11) is -0.563. The first-order chi connectivity index (χ1) is 12.8. The highest BCUT2D eigenvalue weighted by atomic mass is 32.2. The second kappa shape index (κ2) is 8.10. The smallest absolute Gasteiger partial charge is 0.242 e. The van der Waals surface area contributed by atoms with Gasteiger partial charge in [0.25, 0.3) is 0 Å². The number of amides is 1. The lowest BCUT2D eigenvalue weighted by Gasteiger charge is -2.29. The molecule has 1 N–H and O–H groups in total. The van der Waals surface area contributed by atoms with E-state index < -0.39 is 10.0 Å².